The second-order valence-corrected chi connectivity index (χ2v) is 5.83. The van der Waals surface area contributed by atoms with Gasteiger partial charge in [0.15, 0.2) is 0 Å². The lowest BCUT2D eigenvalue weighted by atomic mass is 9.62. The van der Waals surface area contributed by atoms with Crippen LogP contribution in [0.3, 0.4) is 0 Å². The third kappa shape index (κ3) is 2.56. The SMILES string of the molecule is CCC1(CC)C(Cl)CC1Oc1cc(OC)cc(OC)c1. The smallest absolute Gasteiger partial charge is 0.127 e. The van der Waals surface area contributed by atoms with Crippen LogP contribution in [0.15, 0.2) is 18.2 Å². The Bertz CT molecular complexity index is 435. The second-order valence-electron chi connectivity index (χ2n) is 5.30. The van der Waals surface area contributed by atoms with E-state index in [9.17, 15) is 0 Å². The monoisotopic (exact) mass is 298 g/mol. The van der Waals surface area contributed by atoms with Gasteiger partial charge in [0, 0.05) is 35.4 Å². The summed E-state index contributed by atoms with van der Waals surface area (Å²) in [6.45, 7) is 4.36. The molecule has 0 heterocycles. The lowest BCUT2D eigenvalue weighted by Gasteiger charge is -2.52. The van der Waals surface area contributed by atoms with Gasteiger partial charge in [-0.3, -0.25) is 0 Å². The van der Waals surface area contributed by atoms with Gasteiger partial charge >= 0.3 is 0 Å². The summed E-state index contributed by atoms with van der Waals surface area (Å²) in [5, 5.41) is 0.204. The summed E-state index contributed by atoms with van der Waals surface area (Å²) in [6.07, 6.45) is 3.12. The van der Waals surface area contributed by atoms with E-state index in [0.717, 1.165) is 36.5 Å². The number of hydrogen-bond donors (Lipinski definition) is 0. The molecular formula is C16H23ClO3. The van der Waals surface area contributed by atoms with Crippen LogP contribution in [0.5, 0.6) is 17.2 Å². The van der Waals surface area contributed by atoms with Gasteiger partial charge in [-0.2, -0.15) is 0 Å². The summed E-state index contributed by atoms with van der Waals surface area (Å²) < 4.78 is 16.7. The van der Waals surface area contributed by atoms with Gasteiger partial charge in [0.1, 0.15) is 23.4 Å². The number of benzene rings is 1. The fraction of sp³-hybridized carbons (Fsp3) is 0.625. The van der Waals surface area contributed by atoms with Crippen LogP contribution in [0.4, 0.5) is 0 Å². The van der Waals surface area contributed by atoms with Gasteiger partial charge in [-0.25, -0.2) is 0 Å². The number of methoxy groups -OCH3 is 2. The van der Waals surface area contributed by atoms with Crippen LogP contribution in [-0.4, -0.2) is 25.7 Å². The molecule has 2 rings (SSSR count). The topological polar surface area (TPSA) is 27.7 Å². The summed E-state index contributed by atoms with van der Waals surface area (Å²) in [6, 6.07) is 5.62. The van der Waals surface area contributed by atoms with Crippen molar-refractivity contribution in [2.24, 2.45) is 5.41 Å². The molecule has 0 bridgehead atoms. The predicted octanol–water partition coefficient (Wildman–Crippen LogP) is 4.27. The predicted molar refractivity (Wildman–Crippen MR) is 81.2 cm³/mol. The minimum Gasteiger partial charge on any atom is -0.496 e. The maximum Gasteiger partial charge on any atom is 0.127 e. The largest absolute Gasteiger partial charge is 0.496 e. The van der Waals surface area contributed by atoms with E-state index in [4.69, 9.17) is 25.8 Å². The van der Waals surface area contributed by atoms with E-state index in [1.165, 1.54) is 0 Å². The normalized spacial score (nSPS) is 23.9. The zero-order chi connectivity index (χ0) is 14.8. The highest BCUT2D eigenvalue weighted by Gasteiger charge is 2.53. The second kappa shape index (κ2) is 6.13. The molecule has 2 unspecified atom stereocenters. The molecule has 1 saturated carbocycles. The summed E-state index contributed by atoms with van der Waals surface area (Å²) in [5.41, 5.74) is 0.0812. The molecule has 0 radical (unpaired) electrons. The molecule has 4 heteroatoms. The minimum absolute atomic E-state index is 0.0812. The number of alkyl halides is 1. The first-order valence-electron chi connectivity index (χ1n) is 7.13. The first-order valence-corrected chi connectivity index (χ1v) is 7.57. The van der Waals surface area contributed by atoms with E-state index in [1.807, 2.05) is 18.2 Å². The molecule has 1 aliphatic rings. The fourth-order valence-electron chi connectivity index (χ4n) is 3.03. The molecule has 0 N–H and O–H groups in total. The number of halogens is 1. The van der Waals surface area contributed by atoms with Crippen molar-refractivity contribution in [3.8, 4) is 17.2 Å². The standard InChI is InChI=1S/C16H23ClO3/c1-5-16(6-2)14(17)10-15(16)20-13-8-11(18-3)7-12(9-13)19-4/h7-9,14-15H,5-6,10H2,1-4H3. The maximum absolute atomic E-state index is 6.42. The fourth-order valence-corrected chi connectivity index (χ4v) is 3.64. The van der Waals surface area contributed by atoms with Crippen molar-refractivity contribution in [1.29, 1.82) is 0 Å². The third-order valence-corrected chi connectivity index (χ3v) is 5.22. The van der Waals surface area contributed by atoms with Gasteiger partial charge in [0.25, 0.3) is 0 Å². The van der Waals surface area contributed by atoms with Crippen LogP contribution in [-0.2, 0) is 0 Å². The minimum atomic E-state index is 0.0812. The molecule has 20 heavy (non-hydrogen) atoms. The number of hydrogen-bond acceptors (Lipinski definition) is 3. The molecule has 0 saturated heterocycles. The van der Waals surface area contributed by atoms with E-state index in [2.05, 4.69) is 13.8 Å². The molecule has 0 spiro atoms. The van der Waals surface area contributed by atoms with Gasteiger partial charge in [0.05, 0.1) is 14.2 Å². The van der Waals surface area contributed by atoms with E-state index in [-0.39, 0.29) is 16.9 Å². The number of ether oxygens (including phenoxy) is 3. The Morgan fingerprint density at radius 2 is 1.55 bits per heavy atom. The molecule has 1 aromatic carbocycles. The molecule has 0 aliphatic heterocycles. The quantitative estimate of drug-likeness (QED) is 0.734. The molecular weight excluding hydrogens is 276 g/mol. The summed E-state index contributed by atoms with van der Waals surface area (Å²) in [5.74, 6) is 2.25. The van der Waals surface area contributed by atoms with Gasteiger partial charge in [0.2, 0.25) is 0 Å². The summed E-state index contributed by atoms with van der Waals surface area (Å²) >= 11 is 6.42. The van der Waals surface area contributed by atoms with Crippen molar-refractivity contribution < 1.29 is 14.2 Å². The summed E-state index contributed by atoms with van der Waals surface area (Å²) in [4.78, 5) is 0. The highest BCUT2D eigenvalue weighted by atomic mass is 35.5. The zero-order valence-electron chi connectivity index (χ0n) is 12.6. The highest BCUT2D eigenvalue weighted by Crippen LogP contribution is 2.52. The van der Waals surface area contributed by atoms with Crippen molar-refractivity contribution >= 4 is 11.6 Å². The molecule has 1 fully saturated rings. The van der Waals surface area contributed by atoms with Crippen LogP contribution in [0, 0.1) is 5.41 Å². The van der Waals surface area contributed by atoms with Gasteiger partial charge in [-0.05, 0) is 12.8 Å². The number of rotatable bonds is 6. The Labute approximate surface area is 126 Å². The van der Waals surface area contributed by atoms with E-state index < -0.39 is 0 Å². The van der Waals surface area contributed by atoms with Crippen molar-refractivity contribution in [3.63, 3.8) is 0 Å². The Morgan fingerprint density at radius 1 is 1.05 bits per heavy atom. The Morgan fingerprint density at radius 3 is 1.95 bits per heavy atom. The highest BCUT2D eigenvalue weighted by molar-refractivity contribution is 6.21. The average Bonchev–Trinajstić information content (AvgIpc) is 2.47. The molecule has 0 aromatic heterocycles. The van der Waals surface area contributed by atoms with Crippen LogP contribution in [0.25, 0.3) is 0 Å². The maximum atomic E-state index is 6.42. The first-order chi connectivity index (χ1) is 9.59. The Balaban J connectivity index is 2.18. The lowest BCUT2D eigenvalue weighted by Crippen LogP contribution is -2.56. The first kappa shape index (κ1) is 15.3. The van der Waals surface area contributed by atoms with Crippen molar-refractivity contribution in [2.45, 2.75) is 44.6 Å². The van der Waals surface area contributed by atoms with Crippen LogP contribution in [0.2, 0.25) is 0 Å². The van der Waals surface area contributed by atoms with Crippen LogP contribution < -0.4 is 14.2 Å². The lowest BCUT2D eigenvalue weighted by molar-refractivity contribution is -0.0463. The Hall–Kier alpha value is -1.09. The van der Waals surface area contributed by atoms with Gasteiger partial charge < -0.3 is 14.2 Å². The van der Waals surface area contributed by atoms with Crippen molar-refractivity contribution in [1.82, 2.24) is 0 Å². The van der Waals surface area contributed by atoms with Crippen LogP contribution >= 0.6 is 11.6 Å². The van der Waals surface area contributed by atoms with Crippen molar-refractivity contribution in [3.05, 3.63) is 18.2 Å². The molecule has 1 aromatic rings. The van der Waals surface area contributed by atoms with E-state index in [1.54, 1.807) is 14.2 Å². The molecule has 0 amide bonds. The Kier molecular flexibility index (Phi) is 4.69. The van der Waals surface area contributed by atoms with E-state index in [0.29, 0.717) is 0 Å². The molecule has 3 nitrogen and oxygen atoms in total. The molecule has 1 aliphatic carbocycles. The van der Waals surface area contributed by atoms with E-state index >= 15 is 0 Å². The zero-order valence-corrected chi connectivity index (χ0v) is 13.4. The van der Waals surface area contributed by atoms with Crippen LogP contribution in [0.1, 0.15) is 33.1 Å². The van der Waals surface area contributed by atoms with Crippen molar-refractivity contribution in [2.75, 3.05) is 14.2 Å². The van der Waals surface area contributed by atoms with Gasteiger partial charge in [-0.1, -0.05) is 13.8 Å². The average molecular weight is 299 g/mol. The van der Waals surface area contributed by atoms with Gasteiger partial charge in [-0.15, -0.1) is 11.6 Å². The third-order valence-electron chi connectivity index (χ3n) is 4.61. The molecule has 112 valence electrons. The summed E-state index contributed by atoms with van der Waals surface area (Å²) in [7, 11) is 3.28. The molecule has 2 atom stereocenters.